The summed E-state index contributed by atoms with van der Waals surface area (Å²) in [7, 11) is -2.98. The predicted octanol–water partition coefficient (Wildman–Crippen LogP) is 1.34. The molecule has 0 aliphatic rings. The van der Waals surface area contributed by atoms with E-state index in [1.165, 1.54) is 11.3 Å². The monoisotopic (exact) mass is 176 g/mol. The topological polar surface area (TPSA) is 66.9 Å². The summed E-state index contributed by atoms with van der Waals surface area (Å²) in [6, 6.07) is 0. The van der Waals surface area contributed by atoms with Gasteiger partial charge in [0.25, 0.3) is 0 Å². The zero-order valence-electron chi connectivity index (χ0n) is 5.46. The van der Waals surface area contributed by atoms with Gasteiger partial charge < -0.3 is 0 Å². The van der Waals surface area contributed by atoms with Crippen molar-refractivity contribution in [2.24, 2.45) is 5.14 Å². The first-order valence-electron chi connectivity index (χ1n) is 2.61. The Labute approximate surface area is 64.0 Å². The molecule has 3 N–H and O–H groups in total. The standard InChI is InChI=1S/C5H8N2OS2/c1-4-2-9-3-5(4)10(6,7)8/h2-3H,1H3,(H3,6,7,8). The maximum atomic E-state index is 10.9. The first-order chi connectivity index (χ1) is 4.52. The first kappa shape index (κ1) is 7.71. The molecule has 0 spiro atoms. The van der Waals surface area contributed by atoms with Gasteiger partial charge in [-0.3, -0.25) is 0 Å². The Morgan fingerprint density at radius 1 is 1.70 bits per heavy atom. The number of thiophene rings is 1. The Morgan fingerprint density at radius 2 is 2.30 bits per heavy atom. The normalized spacial score (nSPS) is 16.6. The maximum Gasteiger partial charge on any atom is 0.133 e. The molecular formula is C5H8N2OS2. The van der Waals surface area contributed by atoms with Gasteiger partial charge in [-0.15, -0.1) is 0 Å². The molecule has 1 aromatic rings. The molecule has 0 bridgehead atoms. The molecule has 5 heteroatoms. The Bertz CT molecular complexity index is 325. The van der Waals surface area contributed by atoms with Gasteiger partial charge >= 0.3 is 0 Å². The molecule has 0 amide bonds. The van der Waals surface area contributed by atoms with E-state index in [0.717, 1.165) is 5.56 Å². The van der Waals surface area contributed by atoms with Crippen LogP contribution in [0.3, 0.4) is 0 Å². The van der Waals surface area contributed by atoms with Gasteiger partial charge in [0, 0.05) is 5.38 Å². The van der Waals surface area contributed by atoms with Crippen LogP contribution in [0.5, 0.6) is 0 Å². The molecule has 56 valence electrons. The smallest absolute Gasteiger partial charge is 0.133 e. The van der Waals surface area contributed by atoms with Crippen molar-refractivity contribution in [1.82, 2.24) is 0 Å². The number of nitrogens with one attached hydrogen (secondary N) is 1. The first-order valence-corrected chi connectivity index (χ1v) is 5.17. The fourth-order valence-electron chi connectivity index (χ4n) is 0.660. The lowest BCUT2D eigenvalue weighted by Crippen LogP contribution is -2.10. The Kier molecular flexibility index (Phi) is 1.80. The van der Waals surface area contributed by atoms with Crippen LogP contribution in [0.4, 0.5) is 0 Å². The van der Waals surface area contributed by atoms with Gasteiger partial charge in [0.15, 0.2) is 0 Å². The summed E-state index contributed by atoms with van der Waals surface area (Å²) in [5, 5.41) is 8.59. The molecule has 0 saturated heterocycles. The summed E-state index contributed by atoms with van der Waals surface area (Å²) in [6.45, 7) is 1.80. The van der Waals surface area contributed by atoms with E-state index in [9.17, 15) is 4.21 Å². The predicted molar refractivity (Wildman–Crippen MR) is 42.4 cm³/mol. The van der Waals surface area contributed by atoms with Gasteiger partial charge in [0.2, 0.25) is 0 Å². The highest BCUT2D eigenvalue weighted by Crippen LogP contribution is 2.17. The van der Waals surface area contributed by atoms with Gasteiger partial charge in [-0.1, -0.05) is 0 Å². The molecule has 0 aliphatic carbocycles. The molecule has 1 atom stereocenters. The van der Waals surface area contributed by atoms with Crippen LogP contribution in [-0.4, -0.2) is 4.21 Å². The third-order valence-corrected chi connectivity index (χ3v) is 3.24. The SMILES string of the molecule is Cc1cscc1S(=N)(N)=O. The molecule has 1 aromatic heterocycles. The summed E-state index contributed by atoms with van der Waals surface area (Å²) < 4.78 is 18.0. The van der Waals surface area contributed by atoms with Crippen molar-refractivity contribution >= 4 is 21.3 Å². The highest BCUT2D eigenvalue weighted by atomic mass is 32.2. The van der Waals surface area contributed by atoms with E-state index in [2.05, 4.69) is 0 Å². The highest BCUT2D eigenvalue weighted by molar-refractivity contribution is 7.90. The molecule has 0 fully saturated rings. The summed E-state index contributed by atoms with van der Waals surface area (Å²) >= 11 is 1.41. The fourth-order valence-corrected chi connectivity index (χ4v) is 2.72. The lowest BCUT2D eigenvalue weighted by atomic mass is 10.4. The van der Waals surface area contributed by atoms with Crippen molar-refractivity contribution in [3.8, 4) is 0 Å². The van der Waals surface area contributed by atoms with Crippen LogP contribution in [0, 0.1) is 11.7 Å². The van der Waals surface area contributed by atoms with E-state index in [0.29, 0.717) is 4.90 Å². The van der Waals surface area contributed by atoms with E-state index < -0.39 is 9.92 Å². The molecule has 10 heavy (non-hydrogen) atoms. The largest absolute Gasteiger partial charge is 0.241 e. The molecule has 0 radical (unpaired) electrons. The Hall–Kier alpha value is -0.390. The van der Waals surface area contributed by atoms with Crippen molar-refractivity contribution in [2.45, 2.75) is 11.8 Å². The molecular weight excluding hydrogens is 168 g/mol. The Balaban J connectivity index is 3.32. The molecule has 1 heterocycles. The van der Waals surface area contributed by atoms with Crippen LogP contribution in [0.25, 0.3) is 0 Å². The summed E-state index contributed by atoms with van der Waals surface area (Å²) in [6.07, 6.45) is 0. The van der Waals surface area contributed by atoms with Gasteiger partial charge in [0.1, 0.15) is 9.92 Å². The summed E-state index contributed by atoms with van der Waals surface area (Å²) in [4.78, 5) is 0.456. The molecule has 3 nitrogen and oxygen atoms in total. The van der Waals surface area contributed by atoms with E-state index >= 15 is 0 Å². The summed E-state index contributed by atoms with van der Waals surface area (Å²) in [5.74, 6) is 0. The van der Waals surface area contributed by atoms with E-state index in [1.807, 2.05) is 5.38 Å². The molecule has 1 rings (SSSR count). The molecule has 0 saturated carbocycles. The number of hydrogen-bond donors (Lipinski definition) is 2. The van der Waals surface area contributed by atoms with Crippen molar-refractivity contribution in [2.75, 3.05) is 0 Å². The van der Waals surface area contributed by atoms with Crippen LogP contribution in [0.2, 0.25) is 0 Å². The minimum absolute atomic E-state index is 0.456. The third kappa shape index (κ3) is 1.36. The van der Waals surface area contributed by atoms with E-state index in [1.54, 1.807) is 12.3 Å². The summed E-state index contributed by atoms with van der Waals surface area (Å²) in [5.41, 5.74) is 0.840. The van der Waals surface area contributed by atoms with Crippen molar-refractivity contribution in [3.05, 3.63) is 16.3 Å². The third-order valence-electron chi connectivity index (χ3n) is 1.14. The maximum absolute atomic E-state index is 10.9. The molecule has 1 unspecified atom stereocenters. The second kappa shape index (κ2) is 2.34. The van der Waals surface area contributed by atoms with Crippen molar-refractivity contribution in [3.63, 3.8) is 0 Å². The van der Waals surface area contributed by atoms with Crippen LogP contribution in [0.1, 0.15) is 5.56 Å². The minimum Gasteiger partial charge on any atom is -0.241 e. The number of aryl methyl sites for hydroxylation is 1. The zero-order chi connectivity index (χ0) is 7.78. The average Bonchev–Trinajstić information content (AvgIpc) is 2.11. The van der Waals surface area contributed by atoms with Crippen molar-refractivity contribution < 1.29 is 4.21 Å². The average molecular weight is 176 g/mol. The van der Waals surface area contributed by atoms with E-state index in [-0.39, 0.29) is 0 Å². The number of rotatable bonds is 1. The fraction of sp³-hybridized carbons (Fsp3) is 0.200. The Morgan fingerprint density at radius 3 is 2.50 bits per heavy atom. The van der Waals surface area contributed by atoms with Gasteiger partial charge in [-0.2, -0.15) is 11.3 Å². The van der Waals surface area contributed by atoms with E-state index in [4.69, 9.17) is 9.92 Å². The minimum atomic E-state index is -2.98. The van der Waals surface area contributed by atoms with Gasteiger partial charge in [-0.25, -0.2) is 14.1 Å². The van der Waals surface area contributed by atoms with Crippen molar-refractivity contribution in [1.29, 1.82) is 4.78 Å². The molecule has 0 aliphatic heterocycles. The molecule has 0 aromatic carbocycles. The highest BCUT2D eigenvalue weighted by Gasteiger charge is 2.06. The van der Waals surface area contributed by atoms with Crippen LogP contribution < -0.4 is 5.14 Å². The second-order valence-electron chi connectivity index (χ2n) is 2.02. The quantitative estimate of drug-likeness (QED) is 0.666. The van der Waals surface area contributed by atoms with Gasteiger partial charge in [0.05, 0.1) is 4.90 Å². The zero-order valence-corrected chi connectivity index (χ0v) is 7.09. The van der Waals surface area contributed by atoms with Crippen LogP contribution in [0.15, 0.2) is 15.7 Å². The van der Waals surface area contributed by atoms with Gasteiger partial charge in [-0.05, 0) is 17.9 Å². The lowest BCUT2D eigenvalue weighted by molar-refractivity contribution is 0.676. The van der Waals surface area contributed by atoms with Crippen LogP contribution >= 0.6 is 11.3 Å². The number of hydrogen-bond acceptors (Lipinski definition) is 3. The van der Waals surface area contributed by atoms with Crippen LogP contribution in [-0.2, 0) is 9.92 Å². The lowest BCUT2D eigenvalue weighted by Gasteiger charge is -1.96. The second-order valence-corrected chi connectivity index (χ2v) is 4.40. The number of nitrogens with two attached hydrogens (primary N) is 1.